The van der Waals surface area contributed by atoms with Crippen LogP contribution in [0.5, 0.6) is 0 Å². The molecule has 0 aliphatic heterocycles. The van der Waals surface area contributed by atoms with Crippen molar-refractivity contribution >= 4 is 23.2 Å². The van der Waals surface area contributed by atoms with Crippen molar-refractivity contribution in [3.05, 3.63) is 23.8 Å². The maximum atomic E-state index is 11.9. The molecule has 0 saturated heterocycles. The Balaban J connectivity index is 3.02. The Hall–Kier alpha value is -2.24. The van der Waals surface area contributed by atoms with E-state index in [0.29, 0.717) is 17.8 Å². The Labute approximate surface area is 119 Å². The van der Waals surface area contributed by atoms with Crippen LogP contribution in [-0.2, 0) is 4.79 Å². The van der Waals surface area contributed by atoms with E-state index in [2.05, 4.69) is 0 Å². The molecule has 4 N–H and O–H groups in total. The lowest BCUT2D eigenvalue weighted by atomic mass is 10.1. The van der Waals surface area contributed by atoms with E-state index in [9.17, 15) is 9.59 Å². The molecular formula is C14H22N4O2. The van der Waals surface area contributed by atoms with Crippen molar-refractivity contribution in [1.82, 2.24) is 4.90 Å². The van der Waals surface area contributed by atoms with Crippen LogP contribution >= 0.6 is 0 Å². The lowest BCUT2D eigenvalue weighted by Crippen LogP contribution is -2.37. The fourth-order valence-corrected chi connectivity index (χ4v) is 1.86. The SMILES string of the molecule is CCCN(CC(=O)N(C)C)c1ccc(C(N)=O)cc1N. The first-order valence-electron chi connectivity index (χ1n) is 6.51. The Bertz CT molecular complexity index is 500. The molecule has 110 valence electrons. The number of rotatable bonds is 6. The topological polar surface area (TPSA) is 92.7 Å². The van der Waals surface area contributed by atoms with Crippen LogP contribution in [0, 0.1) is 0 Å². The quantitative estimate of drug-likeness (QED) is 0.748. The summed E-state index contributed by atoms with van der Waals surface area (Å²) < 4.78 is 0. The van der Waals surface area contributed by atoms with E-state index in [4.69, 9.17) is 11.5 Å². The van der Waals surface area contributed by atoms with Crippen molar-refractivity contribution < 1.29 is 9.59 Å². The standard InChI is InChI=1S/C14H22N4O2/c1-4-7-18(9-13(19)17(2)3)12-6-5-10(14(16)20)8-11(12)15/h5-6,8H,4,7,9,15H2,1-3H3,(H2,16,20). The molecule has 0 aliphatic carbocycles. The highest BCUT2D eigenvalue weighted by Crippen LogP contribution is 2.24. The zero-order valence-electron chi connectivity index (χ0n) is 12.2. The number of hydrogen-bond donors (Lipinski definition) is 2. The van der Waals surface area contributed by atoms with E-state index >= 15 is 0 Å². The first-order chi connectivity index (χ1) is 9.36. The van der Waals surface area contributed by atoms with Gasteiger partial charge in [0.1, 0.15) is 0 Å². The summed E-state index contributed by atoms with van der Waals surface area (Å²) in [6, 6.07) is 4.89. The third-order valence-electron chi connectivity index (χ3n) is 2.97. The smallest absolute Gasteiger partial charge is 0.248 e. The molecule has 0 saturated carbocycles. The fourth-order valence-electron chi connectivity index (χ4n) is 1.86. The summed E-state index contributed by atoms with van der Waals surface area (Å²) in [5.74, 6) is -0.522. The maximum absolute atomic E-state index is 11.9. The van der Waals surface area contributed by atoms with Gasteiger partial charge in [-0.3, -0.25) is 9.59 Å². The predicted octanol–water partition coefficient (Wildman–Crippen LogP) is 0.672. The fraction of sp³-hybridized carbons (Fsp3) is 0.429. The van der Waals surface area contributed by atoms with E-state index in [0.717, 1.165) is 12.1 Å². The number of nitrogens with two attached hydrogens (primary N) is 2. The number of likely N-dealkylation sites (N-methyl/N-ethyl adjacent to an activating group) is 1. The molecule has 1 rings (SSSR count). The molecule has 0 bridgehead atoms. The van der Waals surface area contributed by atoms with Gasteiger partial charge < -0.3 is 21.3 Å². The number of nitrogens with zero attached hydrogens (tertiary/aromatic N) is 2. The minimum atomic E-state index is -0.519. The number of carbonyl (C=O) groups is 2. The van der Waals surface area contributed by atoms with Crippen molar-refractivity contribution in [1.29, 1.82) is 0 Å². The van der Waals surface area contributed by atoms with Crippen molar-refractivity contribution in [2.45, 2.75) is 13.3 Å². The minimum absolute atomic E-state index is 0.00294. The van der Waals surface area contributed by atoms with Gasteiger partial charge in [-0.15, -0.1) is 0 Å². The minimum Gasteiger partial charge on any atom is -0.397 e. The highest BCUT2D eigenvalue weighted by atomic mass is 16.2. The molecule has 0 aliphatic rings. The Morgan fingerprint density at radius 1 is 1.25 bits per heavy atom. The summed E-state index contributed by atoms with van der Waals surface area (Å²) in [4.78, 5) is 26.4. The summed E-state index contributed by atoms with van der Waals surface area (Å²) in [7, 11) is 3.43. The van der Waals surface area contributed by atoms with Gasteiger partial charge >= 0.3 is 0 Å². The van der Waals surface area contributed by atoms with Crippen LogP contribution in [0.15, 0.2) is 18.2 Å². The molecule has 1 aromatic rings. The first kappa shape index (κ1) is 15.8. The third kappa shape index (κ3) is 3.88. The van der Waals surface area contributed by atoms with Gasteiger partial charge in [0.25, 0.3) is 0 Å². The normalized spacial score (nSPS) is 10.2. The van der Waals surface area contributed by atoms with Crippen LogP contribution in [0.2, 0.25) is 0 Å². The van der Waals surface area contributed by atoms with E-state index < -0.39 is 5.91 Å². The van der Waals surface area contributed by atoms with Gasteiger partial charge in [0, 0.05) is 26.2 Å². The van der Waals surface area contributed by atoms with Gasteiger partial charge in [0.15, 0.2) is 0 Å². The van der Waals surface area contributed by atoms with E-state index in [-0.39, 0.29) is 12.5 Å². The molecule has 0 spiro atoms. The molecule has 0 aromatic heterocycles. The zero-order chi connectivity index (χ0) is 15.3. The van der Waals surface area contributed by atoms with E-state index in [1.165, 1.54) is 4.90 Å². The summed E-state index contributed by atoms with van der Waals surface area (Å²) in [6.45, 7) is 2.99. The Kier molecular flexibility index (Phi) is 5.37. The van der Waals surface area contributed by atoms with E-state index in [1.54, 1.807) is 32.3 Å². The second-order valence-electron chi connectivity index (χ2n) is 4.85. The van der Waals surface area contributed by atoms with E-state index in [1.807, 2.05) is 11.8 Å². The Morgan fingerprint density at radius 2 is 1.90 bits per heavy atom. The average molecular weight is 278 g/mol. The second kappa shape index (κ2) is 6.79. The van der Waals surface area contributed by atoms with Gasteiger partial charge in [-0.05, 0) is 24.6 Å². The summed E-state index contributed by atoms with van der Waals surface area (Å²) >= 11 is 0. The predicted molar refractivity (Wildman–Crippen MR) is 80.6 cm³/mol. The summed E-state index contributed by atoms with van der Waals surface area (Å²) in [5.41, 5.74) is 12.7. The van der Waals surface area contributed by atoms with Crippen LogP contribution in [0.1, 0.15) is 23.7 Å². The molecule has 0 unspecified atom stereocenters. The second-order valence-corrected chi connectivity index (χ2v) is 4.85. The van der Waals surface area contributed by atoms with Crippen LogP contribution in [0.3, 0.4) is 0 Å². The number of nitrogen functional groups attached to an aromatic ring is 1. The maximum Gasteiger partial charge on any atom is 0.248 e. The largest absolute Gasteiger partial charge is 0.397 e. The molecular weight excluding hydrogens is 256 g/mol. The van der Waals surface area contributed by atoms with Gasteiger partial charge in [0.05, 0.1) is 17.9 Å². The van der Waals surface area contributed by atoms with Gasteiger partial charge in [-0.2, -0.15) is 0 Å². The lowest BCUT2D eigenvalue weighted by Gasteiger charge is -2.26. The Morgan fingerprint density at radius 3 is 2.35 bits per heavy atom. The molecule has 1 aromatic carbocycles. The van der Waals surface area contributed by atoms with Crippen molar-refractivity contribution in [2.75, 3.05) is 37.8 Å². The van der Waals surface area contributed by atoms with Crippen molar-refractivity contribution in [2.24, 2.45) is 5.73 Å². The molecule has 6 heteroatoms. The van der Waals surface area contributed by atoms with Crippen molar-refractivity contribution in [3.63, 3.8) is 0 Å². The number of benzene rings is 1. The van der Waals surface area contributed by atoms with Crippen LogP contribution in [-0.4, -0.2) is 43.9 Å². The van der Waals surface area contributed by atoms with Crippen LogP contribution < -0.4 is 16.4 Å². The van der Waals surface area contributed by atoms with Crippen LogP contribution in [0.4, 0.5) is 11.4 Å². The monoisotopic (exact) mass is 278 g/mol. The van der Waals surface area contributed by atoms with Gasteiger partial charge in [-0.1, -0.05) is 6.92 Å². The number of primary amides is 1. The number of anilines is 2. The number of carbonyl (C=O) groups excluding carboxylic acids is 2. The molecule has 0 heterocycles. The lowest BCUT2D eigenvalue weighted by molar-refractivity contribution is -0.127. The molecule has 0 fully saturated rings. The first-order valence-corrected chi connectivity index (χ1v) is 6.51. The van der Waals surface area contributed by atoms with Gasteiger partial charge in [0.2, 0.25) is 11.8 Å². The molecule has 0 radical (unpaired) electrons. The number of hydrogen-bond acceptors (Lipinski definition) is 4. The molecule has 20 heavy (non-hydrogen) atoms. The highest BCUT2D eigenvalue weighted by Gasteiger charge is 2.15. The summed E-state index contributed by atoms with van der Waals surface area (Å²) in [6.07, 6.45) is 0.887. The van der Waals surface area contributed by atoms with Gasteiger partial charge in [-0.25, -0.2) is 0 Å². The van der Waals surface area contributed by atoms with Crippen molar-refractivity contribution in [3.8, 4) is 0 Å². The summed E-state index contributed by atoms with van der Waals surface area (Å²) in [5, 5.41) is 0. The molecule has 2 amide bonds. The highest BCUT2D eigenvalue weighted by molar-refractivity contribution is 5.95. The van der Waals surface area contributed by atoms with Crippen LogP contribution in [0.25, 0.3) is 0 Å². The third-order valence-corrected chi connectivity index (χ3v) is 2.97. The molecule has 6 nitrogen and oxygen atoms in total. The zero-order valence-corrected chi connectivity index (χ0v) is 12.2. The number of amides is 2. The molecule has 0 atom stereocenters. The average Bonchev–Trinajstić information content (AvgIpc) is 2.37.